The number of ether oxygens (including phenoxy) is 1. The predicted octanol–water partition coefficient (Wildman–Crippen LogP) is 2.45. The number of nitrogens with one attached hydrogen (secondary N) is 1. The van der Waals surface area contributed by atoms with Crippen LogP contribution in [0.2, 0.25) is 0 Å². The van der Waals surface area contributed by atoms with Crippen molar-refractivity contribution in [2.75, 3.05) is 18.5 Å². The van der Waals surface area contributed by atoms with Crippen molar-refractivity contribution in [3.8, 4) is 0 Å². The van der Waals surface area contributed by atoms with Gasteiger partial charge in [0.05, 0.1) is 5.69 Å². The number of thiocarbonyl (C=S) groups is 1. The molecular weight excluding hydrogens is 316 g/mol. The third-order valence-electron chi connectivity index (χ3n) is 2.10. The molecule has 3 N–H and O–H groups in total. The van der Waals surface area contributed by atoms with Gasteiger partial charge in [0.1, 0.15) is 11.6 Å². The van der Waals surface area contributed by atoms with Gasteiger partial charge in [0.2, 0.25) is 5.91 Å². The molecule has 0 aliphatic heterocycles. The van der Waals surface area contributed by atoms with Crippen molar-refractivity contribution in [1.29, 1.82) is 0 Å². The van der Waals surface area contributed by atoms with Crippen molar-refractivity contribution < 1.29 is 9.53 Å². The largest absolute Gasteiger partial charge is 0.389 e. The van der Waals surface area contributed by atoms with E-state index in [-0.39, 0.29) is 17.5 Å². The molecule has 0 aliphatic rings. The zero-order valence-corrected chi connectivity index (χ0v) is 12.4. The van der Waals surface area contributed by atoms with Crippen LogP contribution in [0.4, 0.5) is 5.69 Å². The minimum atomic E-state index is -0.223. The molecular formula is C12H15BrN2O2S. The molecule has 98 valence electrons. The first-order valence-corrected chi connectivity index (χ1v) is 6.71. The monoisotopic (exact) mass is 330 g/mol. The summed E-state index contributed by atoms with van der Waals surface area (Å²) in [6.45, 7) is 2.57. The average Bonchev–Trinajstić information content (AvgIpc) is 2.29. The fraction of sp³-hybridized carbons (Fsp3) is 0.333. The van der Waals surface area contributed by atoms with E-state index in [9.17, 15) is 4.79 Å². The van der Waals surface area contributed by atoms with Crippen molar-refractivity contribution in [1.82, 2.24) is 0 Å². The maximum Gasteiger partial charge on any atom is 0.250 e. The van der Waals surface area contributed by atoms with Crippen molar-refractivity contribution in [2.24, 2.45) is 5.73 Å². The second-order valence-corrected chi connectivity index (χ2v) is 5.01. The molecule has 0 aliphatic carbocycles. The number of nitrogens with two attached hydrogens (primary N) is 1. The lowest BCUT2D eigenvalue weighted by atomic mass is 10.2. The van der Waals surface area contributed by atoms with Gasteiger partial charge in [0.25, 0.3) is 0 Å². The Morgan fingerprint density at radius 2 is 2.28 bits per heavy atom. The molecule has 1 amide bonds. The number of benzene rings is 1. The molecule has 0 unspecified atom stereocenters. The maximum absolute atomic E-state index is 11.6. The molecule has 1 rings (SSSR count). The third-order valence-corrected chi connectivity index (χ3v) is 2.82. The van der Waals surface area contributed by atoms with Gasteiger partial charge < -0.3 is 15.8 Å². The van der Waals surface area contributed by atoms with E-state index in [1.54, 1.807) is 12.1 Å². The Bertz CT molecular complexity index is 452. The van der Waals surface area contributed by atoms with E-state index in [0.717, 1.165) is 10.9 Å². The van der Waals surface area contributed by atoms with Crippen LogP contribution in [-0.4, -0.2) is 24.1 Å². The fourth-order valence-electron chi connectivity index (χ4n) is 1.33. The van der Waals surface area contributed by atoms with Crippen LogP contribution in [0.15, 0.2) is 22.7 Å². The normalized spacial score (nSPS) is 10.1. The summed E-state index contributed by atoms with van der Waals surface area (Å²) < 4.78 is 6.00. The van der Waals surface area contributed by atoms with E-state index in [1.807, 2.05) is 13.0 Å². The first-order chi connectivity index (χ1) is 8.54. The molecule has 0 bridgehead atoms. The van der Waals surface area contributed by atoms with Gasteiger partial charge in [-0.15, -0.1) is 0 Å². The molecule has 1 aromatic carbocycles. The number of hydrogen-bond acceptors (Lipinski definition) is 3. The van der Waals surface area contributed by atoms with Crippen LogP contribution in [0.25, 0.3) is 0 Å². The van der Waals surface area contributed by atoms with Crippen LogP contribution < -0.4 is 11.1 Å². The van der Waals surface area contributed by atoms with E-state index < -0.39 is 0 Å². The minimum Gasteiger partial charge on any atom is -0.389 e. The van der Waals surface area contributed by atoms with Crippen molar-refractivity contribution in [3.63, 3.8) is 0 Å². The Hall–Kier alpha value is -0.980. The molecule has 0 heterocycles. The molecule has 6 heteroatoms. The summed E-state index contributed by atoms with van der Waals surface area (Å²) in [5.74, 6) is -0.223. The van der Waals surface area contributed by atoms with E-state index in [0.29, 0.717) is 17.9 Å². The second kappa shape index (κ2) is 7.45. The quantitative estimate of drug-likeness (QED) is 0.621. The average molecular weight is 331 g/mol. The number of hydrogen-bond donors (Lipinski definition) is 2. The van der Waals surface area contributed by atoms with Crippen LogP contribution in [0, 0.1) is 0 Å². The maximum atomic E-state index is 11.6. The molecule has 0 saturated carbocycles. The van der Waals surface area contributed by atoms with E-state index in [1.165, 1.54) is 0 Å². The molecule has 18 heavy (non-hydrogen) atoms. The topological polar surface area (TPSA) is 64.3 Å². The summed E-state index contributed by atoms with van der Waals surface area (Å²) in [5, 5.41) is 2.73. The standard InChI is InChI=1S/C12H15BrN2O2S/c1-2-5-17-7-11(16)15-10-6-8(13)3-4-9(10)12(14)18/h3-4,6H,2,5,7H2,1H3,(H2,14,18)(H,15,16). The van der Waals surface area contributed by atoms with E-state index in [2.05, 4.69) is 21.2 Å². The third kappa shape index (κ3) is 4.72. The lowest BCUT2D eigenvalue weighted by Gasteiger charge is -2.10. The first-order valence-electron chi connectivity index (χ1n) is 5.51. The zero-order chi connectivity index (χ0) is 13.5. The molecule has 4 nitrogen and oxygen atoms in total. The summed E-state index contributed by atoms with van der Waals surface area (Å²) in [4.78, 5) is 11.9. The minimum absolute atomic E-state index is 0.0249. The first kappa shape index (κ1) is 15.1. The van der Waals surface area contributed by atoms with Gasteiger partial charge in [-0.1, -0.05) is 35.1 Å². The van der Waals surface area contributed by atoms with Crippen LogP contribution in [0.3, 0.4) is 0 Å². The van der Waals surface area contributed by atoms with Crippen LogP contribution in [0.1, 0.15) is 18.9 Å². The number of anilines is 1. The van der Waals surface area contributed by atoms with Crippen molar-refractivity contribution >= 4 is 44.7 Å². The lowest BCUT2D eigenvalue weighted by Crippen LogP contribution is -2.21. The number of rotatable bonds is 6. The van der Waals surface area contributed by atoms with Gasteiger partial charge in [0.15, 0.2) is 0 Å². The number of carbonyl (C=O) groups excluding carboxylic acids is 1. The van der Waals surface area contributed by atoms with Gasteiger partial charge in [0, 0.05) is 16.6 Å². The van der Waals surface area contributed by atoms with Crippen molar-refractivity contribution in [3.05, 3.63) is 28.2 Å². The van der Waals surface area contributed by atoms with Gasteiger partial charge in [-0.05, 0) is 24.6 Å². The molecule has 0 radical (unpaired) electrons. The smallest absolute Gasteiger partial charge is 0.250 e. The Kier molecular flexibility index (Phi) is 6.24. The van der Waals surface area contributed by atoms with Gasteiger partial charge >= 0.3 is 0 Å². The highest BCUT2D eigenvalue weighted by molar-refractivity contribution is 9.10. The summed E-state index contributed by atoms with van der Waals surface area (Å²) in [6.07, 6.45) is 0.877. The second-order valence-electron chi connectivity index (χ2n) is 3.65. The molecule has 1 aromatic rings. The van der Waals surface area contributed by atoms with Crippen LogP contribution >= 0.6 is 28.1 Å². The van der Waals surface area contributed by atoms with Crippen molar-refractivity contribution in [2.45, 2.75) is 13.3 Å². The highest BCUT2D eigenvalue weighted by Crippen LogP contribution is 2.21. The van der Waals surface area contributed by atoms with E-state index in [4.69, 9.17) is 22.7 Å². The summed E-state index contributed by atoms with van der Waals surface area (Å²) in [6, 6.07) is 5.33. The zero-order valence-electron chi connectivity index (χ0n) is 10.0. The predicted molar refractivity (Wildman–Crippen MR) is 79.8 cm³/mol. The number of halogens is 1. The number of amides is 1. The van der Waals surface area contributed by atoms with Gasteiger partial charge in [-0.25, -0.2) is 0 Å². The SMILES string of the molecule is CCCOCC(=O)Nc1cc(Br)ccc1C(N)=S. The Labute approximate surface area is 120 Å². The molecule has 0 aromatic heterocycles. The molecule has 0 saturated heterocycles. The summed E-state index contributed by atoms with van der Waals surface area (Å²) in [5.41, 5.74) is 6.82. The molecule has 0 fully saturated rings. The van der Waals surface area contributed by atoms with Crippen LogP contribution in [0.5, 0.6) is 0 Å². The Morgan fingerprint density at radius 1 is 1.56 bits per heavy atom. The van der Waals surface area contributed by atoms with Gasteiger partial charge in [-0.3, -0.25) is 4.79 Å². The van der Waals surface area contributed by atoms with Crippen LogP contribution in [-0.2, 0) is 9.53 Å². The van der Waals surface area contributed by atoms with Gasteiger partial charge in [-0.2, -0.15) is 0 Å². The number of carbonyl (C=O) groups is 1. The highest BCUT2D eigenvalue weighted by Gasteiger charge is 2.09. The lowest BCUT2D eigenvalue weighted by molar-refractivity contribution is -0.120. The Morgan fingerprint density at radius 3 is 2.89 bits per heavy atom. The highest BCUT2D eigenvalue weighted by atomic mass is 79.9. The van der Waals surface area contributed by atoms with E-state index >= 15 is 0 Å². The summed E-state index contributed by atoms with van der Waals surface area (Å²) in [7, 11) is 0. The molecule has 0 atom stereocenters. The molecule has 0 spiro atoms. The Balaban J connectivity index is 2.73. The fourth-order valence-corrected chi connectivity index (χ4v) is 1.87. The summed E-state index contributed by atoms with van der Waals surface area (Å²) >= 11 is 8.26.